The zero-order valence-corrected chi connectivity index (χ0v) is 12.5. The molecule has 0 saturated carbocycles. The van der Waals surface area contributed by atoms with Gasteiger partial charge in [-0.3, -0.25) is 4.79 Å². The van der Waals surface area contributed by atoms with Crippen LogP contribution in [0.15, 0.2) is 12.1 Å². The van der Waals surface area contributed by atoms with E-state index >= 15 is 0 Å². The Hall–Kier alpha value is -0.870. The topological polar surface area (TPSA) is 41.1 Å². The Kier molecular flexibility index (Phi) is 5.86. The van der Waals surface area contributed by atoms with Gasteiger partial charge >= 0.3 is 0 Å². The van der Waals surface area contributed by atoms with Gasteiger partial charge in [0.1, 0.15) is 0 Å². The third-order valence-corrected chi connectivity index (χ3v) is 4.72. The fourth-order valence-corrected chi connectivity index (χ4v) is 3.44. The first-order chi connectivity index (χ1) is 9.24. The van der Waals surface area contributed by atoms with Crippen molar-refractivity contribution in [1.29, 1.82) is 0 Å². The molecule has 4 heteroatoms. The molecule has 3 nitrogen and oxygen atoms in total. The molecule has 1 saturated heterocycles. The number of amides is 1. The molecule has 0 bridgehead atoms. The van der Waals surface area contributed by atoms with Gasteiger partial charge in [-0.15, -0.1) is 11.3 Å². The molecule has 19 heavy (non-hydrogen) atoms. The number of nitrogens with one attached hydrogen (secondary N) is 2. The van der Waals surface area contributed by atoms with Crippen molar-refractivity contribution >= 4 is 17.2 Å². The van der Waals surface area contributed by atoms with E-state index in [2.05, 4.69) is 29.7 Å². The highest BCUT2D eigenvalue weighted by molar-refractivity contribution is 7.11. The number of hydrogen-bond donors (Lipinski definition) is 2. The van der Waals surface area contributed by atoms with Crippen molar-refractivity contribution in [3.8, 4) is 0 Å². The molecule has 1 amide bonds. The molecule has 2 N–H and O–H groups in total. The fourth-order valence-electron chi connectivity index (χ4n) is 2.51. The van der Waals surface area contributed by atoms with Gasteiger partial charge in [0.2, 0.25) is 5.91 Å². The first-order valence-electron chi connectivity index (χ1n) is 7.27. The lowest BCUT2D eigenvalue weighted by Crippen LogP contribution is -2.26. The molecule has 2 heterocycles. The van der Waals surface area contributed by atoms with Gasteiger partial charge in [0.15, 0.2) is 0 Å². The van der Waals surface area contributed by atoms with Gasteiger partial charge in [-0.1, -0.05) is 0 Å². The molecule has 0 radical (unpaired) electrons. The van der Waals surface area contributed by atoms with Crippen LogP contribution >= 0.6 is 11.3 Å². The van der Waals surface area contributed by atoms with E-state index in [4.69, 9.17) is 0 Å². The van der Waals surface area contributed by atoms with Crippen LogP contribution in [0.25, 0.3) is 0 Å². The van der Waals surface area contributed by atoms with Crippen LogP contribution in [0.5, 0.6) is 0 Å². The number of rotatable bonds is 7. The summed E-state index contributed by atoms with van der Waals surface area (Å²) in [7, 11) is 0. The Morgan fingerprint density at radius 2 is 2.42 bits per heavy atom. The molecule has 1 fully saturated rings. The van der Waals surface area contributed by atoms with Gasteiger partial charge in [0.25, 0.3) is 0 Å². The lowest BCUT2D eigenvalue weighted by Gasteiger charge is -2.09. The summed E-state index contributed by atoms with van der Waals surface area (Å²) in [5.41, 5.74) is 0. The zero-order valence-electron chi connectivity index (χ0n) is 11.7. The highest BCUT2D eigenvalue weighted by atomic mass is 32.1. The SMILES string of the molecule is Cc1ccc(CCCC(=O)NCCC2CCNC2)s1. The average molecular weight is 280 g/mol. The van der Waals surface area contributed by atoms with Gasteiger partial charge < -0.3 is 10.6 Å². The maximum absolute atomic E-state index is 11.7. The van der Waals surface area contributed by atoms with E-state index in [1.54, 1.807) is 0 Å². The quantitative estimate of drug-likeness (QED) is 0.805. The van der Waals surface area contributed by atoms with Crippen molar-refractivity contribution in [3.63, 3.8) is 0 Å². The van der Waals surface area contributed by atoms with Crippen molar-refractivity contribution in [1.82, 2.24) is 10.6 Å². The Morgan fingerprint density at radius 1 is 1.53 bits per heavy atom. The maximum Gasteiger partial charge on any atom is 0.220 e. The molecule has 1 aromatic heterocycles. The molecular formula is C15H24N2OS. The van der Waals surface area contributed by atoms with E-state index < -0.39 is 0 Å². The summed E-state index contributed by atoms with van der Waals surface area (Å²) in [6.45, 7) is 5.22. The van der Waals surface area contributed by atoms with Crippen LogP contribution in [0.1, 0.15) is 35.4 Å². The monoisotopic (exact) mass is 280 g/mol. The van der Waals surface area contributed by atoms with Crippen LogP contribution in [-0.4, -0.2) is 25.5 Å². The molecule has 0 aliphatic carbocycles. The summed E-state index contributed by atoms with van der Waals surface area (Å²) in [5.74, 6) is 0.966. The molecular weight excluding hydrogens is 256 g/mol. The standard InChI is InChI=1S/C15H24N2OS/c1-12-5-6-14(19-12)3-2-4-15(18)17-10-8-13-7-9-16-11-13/h5-6,13,16H,2-4,7-11H2,1H3,(H,17,18). The van der Waals surface area contributed by atoms with Crippen molar-refractivity contribution < 1.29 is 4.79 Å². The zero-order chi connectivity index (χ0) is 13.5. The highest BCUT2D eigenvalue weighted by Crippen LogP contribution is 2.17. The summed E-state index contributed by atoms with van der Waals surface area (Å²) in [6.07, 6.45) is 5.01. The van der Waals surface area contributed by atoms with Crippen molar-refractivity contribution in [2.45, 2.75) is 39.0 Å². The third-order valence-electron chi connectivity index (χ3n) is 3.66. The second-order valence-corrected chi connectivity index (χ2v) is 6.74. The van der Waals surface area contributed by atoms with Crippen LogP contribution in [0.4, 0.5) is 0 Å². The molecule has 1 aromatic rings. The Morgan fingerprint density at radius 3 is 3.11 bits per heavy atom. The number of hydrogen-bond acceptors (Lipinski definition) is 3. The van der Waals surface area contributed by atoms with E-state index in [-0.39, 0.29) is 5.91 Å². The van der Waals surface area contributed by atoms with E-state index in [9.17, 15) is 4.79 Å². The summed E-state index contributed by atoms with van der Waals surface area (Å²) < 4.78 is 0. The van der Waals surface area contributed by atoms with E-state index in [1.165, 1.54) is 16.2 Å². The maximum atomic E-state index is 11.7. The minimum atomic E-state index is 0.208. The molecule has 1 unspecified atom stereocenters. The van der Waals surface area contributed by atoms with Crippen molar-refractivity contribution in [2.24, 2.45) is 5.92 Å². The van der Waals surface area contributed by atoms with Gasteiger partial charge in [-0.25, -0.2) is 0 Å². The Balaban J connectivity index is 1.52. The highest BCUT2D eigenvalue weighted by Gasteiger charge is 2.13. The molecule has 1 aliphatic heterocycles. The minimum absolute atomic E-state index is 0.208. The molecule has 106 valence electrons. The smallest absolute Gasteiger partial charge is 0.220 e. The minimum Gasteiger partial charge on any atom is -0.356 e. The molecule has 2 rings (SSSR count). The van der Waals surface area contributed by atoms with E-state index in [1.807, 2.05) is 11.3 Å². The Bertz CT molecular complexity index is 397. The predicted octanol–water partition coefficient (Wildman–Crippen LogP) is 2.50. The second kappa shape index (κ2) is 7.65. The second-order valence-electron chi connectivity index (χ2n) is 5.36. The summed E-state index contributed by atoms with van der Waals surface area (Å²) in [6, 6.07) is 4.32. The molecule has 0 spiro atoms. The largest absolute Gasteiger partial charge is 0.356 e. The first-order valence-corrected chi connectivity index (χ1v) is 8.08. The van der Waals surface area contributed by atoms with Gasteiger partial charge in [-0.05, 0) is 63.7 Å². The molecule has 0 aromatic carbocycles. The number of thiophene rings is 1. The number of carbonyl (C=O) groups is 1. The van der Waals surface area contributed by atoms with Crippen LogP contribution in [-0.2, 0) is 11.2 Å². The van der Waals surface area contributed by atoms with Gasteiger partial charge in [0, 0.05) is 22.7 Å². The number of carbonyl (C=O) groups excluding carboxylic acids is 1. The normalized spacial score (nSPS) is 18.7. The third kappa shape index (κ3) is 5.33. The van der Waals surface area contributed by atoms with Crippen LogP contribution in [0.2, 0.25) is 0 Å². The van der Waals surface area contributed by atoms with Crippen molar-refractivity contribution in [2.75, 3.05) is 19.6 Å². The first kappa shape index (κ1) is 14.5. The van der Waals surface area contributed by atoms with Gasteiger partial charge in [0.05, 0.1) is 0 Å². The Labute approximate surface area is 119 Å². The summed E-state index contributed by atoms with van der Waals surface area (Å²) in [5, 5.41) is 6.39. The average Bonchev–Trinajstić information content (AvgIpc) is 3.01. The van der Waals surface area contributed by atoms with Crippen LogP contribution in [0, 0.1) is 12.8 Å². The van der Waals surface area contributed by atoms with E-state index in [0.717, 1.165) is 44.8 Å². The van der Waals surface area contributed by atoms with Crippen LogP contribution in [0.3, 0.4) is 0 Å². The lowest BCUT2D eigenvalue weighted by molar-refractivity contribution is -0.121. The number of aryl methyl sites for hydroxylation is 2. The lowest BCUT2D eigenvalue weighted by atomic mass is 10.1. The predicted molar refractivity (Wildman–Crippen MR) is 80.6 cm³/mol. The summed E-state index contributed by atoms with van der Waals surface area (Å²) in [4.78, 5) is 14.4. The van der Waals surface area contributed by atoms with E-state index in [0.29, 0.717) is 6.42 Å². The fraction of sp³-hybridized carbons (Fsp3) is 0.667. The molecule has 1 aliphatic rings. The van der Waals surface area contributed by atoms with Crippen LogP contribution < -0.4 is 10.6 Å². The van der Waals surface area contributed by atoms with Crippen molar-refractivity contribution in [3.05, 3.63) is 21.9 Å². The molecule has 1 atom stereocenters. The summed E-state index contributed by atoms with van der Waals surface area (Å²) >= 11 is 1.84. The van der Waals surface area contributed by atoms with Gasteiger partial charge in [-0.2, -0.15) is 0 Å².